The second kappa shape index (κ2) is 34.0. The predicted molar refractivity (Wildman–Crippen MR) is 185 cm³/mol. The van der Waals surface area contributed by atoms with Crippen molar-refractivity contribution in [1.29, 1.82) is 0 Å². The third-order valence-corrected chi connectivity index (χ3v) is 8.88. The van der Waals surface area contributed by atoms with Crippen LogP contribution in [-0.4, -0.2) is 46.1 Å². The highest BCUT2D eigenvalue weighted by Crippen LogP contribution is 2.15. The molecule has 5 nitrogen and oxygen atoms in total. The summed E-state index contributed by atoms with van der Waals surface area (Å²) in [4.78, 5) is 12.3. The number of amides is 1. The largest absolute Gasteiger partial charge is 0.394 e. The number of hydrogen-bond acceptors (Lipinski definition) is 4. The zero-order valence-corrected chi connectivity index (χ0v) is 28.8. The summed E-state index contributed by atoms with van der Waals surface area (Å²) >= 11 is 0. The van der Waals surface area contributed by atoms with Crippen molar-refractivity contribution in [2.45, 2.75) is 218 Å². The molecule has 0 saturated heterocycles. The molecule has 0 rings (SSSR count). The topological polar surface area (TPSA) is 89.8 Å². The molecule has 0 aromatic carbocycles. The zero-order chi connectivity index (χ0) is 31.6. The molecule has 43 heavy (non-hydrogen) atoms. The van der Waals surface area contributed by atoms with Crippen molar-refractivity contribution in [2.24, 2.45) is 0 Å². The van der Waals surface area contributed by atoms with Crippen molar-refractivity contribution in [3.8, 4) is 0 Å². The lowest BCUT2D eigenvalue weighted by Gasteiger charge is -2.21. The molecule has 0 fully saturated rings. The van der Waals surface area contributed by atoms with Crippen LogP contribution in [0.5, 0.6) is 0 Å². The van der Waals surface area contributed by atoms with Crippen LogP contribution in [-0.2, 0) is 4.79 Å². The average Bonchev–Trinajstić information content (AvgIpc) is 3.01. The lowest BCUT2D eigenvalue weighted by Crippen LogP contribution is -2.48. The van der Waals surface area contributed by atoms with Gasteiger partial charge < -0.3 is 20.6 Å². The third kappa shape index (κ3) is 29.6. The first-order valence-electron chi connectivity index (χ1n) is 19.0. The van der Waals surface area contributed by atoms with Crippen molar-refractivity contribution in [3.63, 3.8) is 0 Å². The number of aliphatic hydroxyl groups is 3. The predicted octanol–water partition coefficient (Wildman–Crippen LogP) is 10.1. The van der Waals surface area contributed by atoms with Crippen LogP contribution in [0.2, 0.25) is 0 Å². The van der Waals surface area contributed by atoms with Gasteiger partial charge in [-0.25, -0.2) is 0 Å². The molecule has 0 radical (unpaired) electrons. The van der Waals surface area contributed by atoms with Gasteiger partial charge in [-0.2, -0.15) is 0 Å². The van der Waals surface area contributed by atoms with Gasteiger partial charge in [0, 0.05) is 0 Å². The Hall–Kier alpha value is -0.910. The molecule has 0 aliphatic rings. The van der Waals surface area contributed by atoms with Crippen LogP contribution in [0.3, 0.4) is 0 Å². The number of rotatable bonds is 34. The Morgan fingerprint density at radius 1 is 0.558 bits per heavy atom. The Bertz CT molecular complexity index is 596. The standard InChI is InChI=1S/C38H75NO4/c1-3-5-7-9-11-13-14-15-16-17-18-19-20-21-22-23-24-25-27-28-30-32-36(41)35(34-40)39-38(43)37(42)33-31-29-26-12-10-8-6-4-2/h30,32,35-37,40-42H,3-29,31,33-34H2,1-2H3,(H,39,43)/b32-30+. The molecule has 5 heteroatoms. The van der Waals surface area contributed by atoms with Gasteiger partial charge in [0.2, 0.25) is 5.91 Å². The smallest absolute Gasteiger partial charge is 0.249 e. The van der Waals surface area contributed by atoms with E-state index in [1.165, 1.54) is 148 Å². The van der Waals surface area contributed by atoms with E-state index in [2.05, 4.69) is 19.2 Å². The molecule has 1 amide bonds. The second-order valence-electron chi connectivity index (χ2n) is 13.1. The summed E-state index contributed by atoms with van der Waals surface area (Å²) in [5, 5.41) is 32.8. The molecule has 0 bridgehead atoms. The molecular weight excluding hydrogens is 534 g/mol. The molecular formula is C38H75NO4. The summed E-state index contributed by atoms with van der Waals surface area (Å²) in [7, 11) is 0. The van der Waals surface area contributed by atoms with Crippen molar-refractivity contribution in [2.75, 3.05) is 6.61 Å². The molecule has 3 unspecified atom stereocenters. The Morgan fingerprint density at radius 2 is 0.907 bits per heavy atom. The molecule has 0 aliphatic heterocycles. The van der Waals surface area contributed by atoms with Gasteiger partial charge in [0.1, 0.15) is 6.10 Å². The first-order valence-corrected chi connectivity index (χ1v) is 19.0. The van der Waals surface area contributed by atoms with Crippen LogP contribution in [0.1, 0.15) is 200 Å². The van der Waals surface area contributed by atoms with E-state index in [4.69, 9.17) is 0 Å². The molecule has 4 N–H and O–H groups in total. The van der Waals surface area contributed by atoms with Crippen molar-refractivity contribution in [1.82, 2.24) is 5.32 Å². The minimum Gasteiger partial charge on any atom is -0.394 e. The molecule has 256 valence electrons. The van der Waals surface area contributed by atoms with E-state index < -0.39 is 24.2 Å². The van der Waals surface area contributed by atoms with Crippen LogP contribution in [0.15, 0.2) is 12.2 Å². The fraction of sp³-hybridized carbons (Fsp3) is 0.921. The summed E-state index contributed by atoms with van der Waals surface area (Å²) < 4.78 is 0. The van der Waals surface area contributed by atoms with E-state index in [1.54, 1.807) is 6.08 Å². The maximum atomic E-state index is 12.3. The van der Waals surface area contributed by atoms with Crippen molar-refractivity contribution in [3.05, 3.63) is 12.2 Å². The van der Waals surface area contributed by atoms with Crippen molar-refractivity contribution >= 4 is 5.91 Å². The Balaban J connectivity index is 3.63. The van der Waals surface area contributed by atoms with Gasteiger partial charge in [0.15, 0.2) is 0 Å². The van der Waals surface area contributed by atoms with Gasteiger partial charge in [0.25, 0.3) is 0 Å². The van der Waals surface area contributed by atoms with Crippen LogP contribution in [0.25, 0.3) is 0 Å². The summed E-state index contributed by atoms with van der Waals surface area (Å²) in [5.41, 5.74) is 0. The highest BCUT2D eigenvalue weighted by atomic mass is 16.3. The van der Waals surface area contributed by atoms with E-state index in [-0.39, 0.29) is 6.61 Å². The molecule has 0 aliphatic carbocycles. The number of allylic oxidation sites excluding steroid dienone is 1. The van der Waals surface area contributed by atoms with Gasteiger partial charge in [-0.3, -0.25) is 4.79 Å². The van der Waals surface area contributed by atoms with Crippen molar-refractivity contribution < 1.29 is 20.1 Å². The van der Waals surface area contributed by atoms with Crippen LogP contribution < -0.4 is 5.32 Å². The fourth-order valence-electron chi connectivity index (χ4n) is 5.83. The number of carbonyl (C=O) groups is 1. The van der Waals surface area contributed by atoms with E-state index in [9.17, 15) is 20.1 Å². The number of carbonyl (C=O) groups excluding carboxylic acids is 1. The van der Waals surface area contributed by atoms with Gasteiger partial charge in [0.05, 0.1) is 18.8 Å². The fourth-order valence-corrected chi connectivity index (χ4v) is 5.83. The normalized spacial score (nSPS) is 13.9. The lowest BCUT2D eigenvalue weighted by atomic mass is 10.0. The van der Waals surface area contributed by atoms with E-state index in [0.29, 0.717) is 6.42 Å². The quantitative estimate of drug-likeness (QED) is 0.0432. The van der Waals surface area contributed by atoms with E-state index in [0.717, 1.165) is 32.1 Å². The molecule has 0 aromatic rings. The molecule has 3 atom stereocenters. The summed E-state index contributed by atoms with van der Waals surface area (Å²) in [6, 6.07) is -0.790. The minimum atomic E-state index is -1.09. The first-order chi connectivity index (χ1) is 21.1. The highest BCUT2D eigenvalue weighted by Gasteiger charge is 2.22. The van der Waals surface area contributed by atoms with Gasteiger partial charge in [-0.1, -0.05) is 193 Å². The molecule has 0 aromatic heterocycles. The molecule has 0 spiro atoms. The summed E-state index contributed by atoms with van der Waals surface area (Å²) in [5.74, 6) is -0.506. The number of nitrogens with one attached hydrogen (secondary N) is 1. The van der Waals surface area contributed by atoms with Crippen LogP contribution in [0.4, 0.5) is 0 Å². The first kappa shape index (κ1) is 42.1. The SMILES string of the molecule is CCCCCCCCCCCCCCCCCCCCC/C=C/C(O)C(CO)NC(=O)C(O)CCCCCCCCCC. The lowest BCUT2D eigenvalue weighted by molar-refractivity contribution is -0.131. The minimum absolute atomic E-state index is 0.360. The van der Waals surface area contributed by atoms with Crippen LogP contribution >= 0.6 is 0 Å². The monoisotopic (exact) mass is 610 g/mol. The Kier molecular flexibility index (Phi) is 33.3. The molecule has 0 heterocycles. The Labute approximate surface area is 268 Å². The van der Waals surface area contributed by atoms with Crippen LogP contribution in [0, 0.1) is 0 Å². The third-order valence-electron chi connectivity index (χ3n) is 8.88. The number of unbranched alkanes of at least 4 members (excludes halogenated alkanes) is 26. The number of aliphatic hydroxyl groups excluding tert-OH is 3. The zero-order valence-electron chi connectivity index (χ0n) is 28.8. The van der Waals surface area contributed by atoms with E-state index in [1.807, 2.05) is 6.08 Å². The van der Waals surface area contributed by atoms with Gasteiger partial charge >= 0.3 is 0 Å². The highest BCUT2D eigenvalue weighted by molar-refractivity contribution is 5.80. The summed E-state index contributed by atoms with van der Waals surface area (Å²) in [6.45, 7) is 4.14. The maximum absolute atomic E-state index is 12.3. The number of hydrogen-bond donors (Lipinski definition) is 4. The second-order valence-corrected chi connectivity index (χ2v) is 13.1. The Morgan fingerprint density at radius 3 is 1.28 bits per heavy atom. The van der Waals surface area contributed by atoms with Gasteiger partial charge in [-0.05, 0) is 19.3 Å². The maximum Gasteiger partial charge on any atom is 0.249 e. The van der Waals surface area contributed by atoms with E-state index >= 15 is 0 Å². The molecule has 0 saturated carbocycles. The average molecular weight is 610 g/mol. The van der Waals surface area contributed by atoms with Gasteiger partial charge in [-0.15, -0.1) is 0 Å². The summed E-state index contributed by atoms with van der Waals surface area (Å²) in [6.07, 6.45) is 38.2.